The zero-order valence-corrected chi connectivity index (χ0v) is 17.8. The second-order valence-corrected chi connectivity index (χ2v) is 8.02. The SMILES string of the molecule is NC(=O)c1cccc2c1nnn2-c1nc2c(c(NCc3cccc(B(O)O)c3)n1)CCCC2. The van der Waals surface area contributed by atoms with Crippen molar-refractivity contribution in [1.29, 1.82) is 0 Å². The molecule has 0 saturated carbocycles. The molecule has 11 heteroatoms. The molecule has 0 atom stereocenters. The van der Waals surface area contributed by atoms with Crippen molar-refractivity contribution < 1.29 is 14.8 Å². The number of aromatic nitrogens is 5. The third kappa shape index (κ3) is 4.03. The van der Waals surface area contributed by atoms with Crippen LogP contribution in [-0.2, 0) is 19.4 Å². The van der Waals surface area contributed by atoms with Crippen molar-refractivity contribution in [2.75, 3.05) is 5.32 Å². The molecule has 5 N–H and O–H groups in total. The summed E-state index contributed by atoms with van der Waals surface area (Å²) in [5.41, 5.74) is 10.1. The molecule has 2 heterocycles. The molecule has 0 fully saturated rings. The lowest BCUT2D eigenvalue weighted by Gasteiger charge is -2.20. The number of rotatable bonds is 6. The molecule has 2 aromatic carbocycles. The lowest BCUT2D eigenvalue weighted by atomic mass is 9.79. The van der Waals surface area contributed by atoms with E-state index in [0.717, 1.165) is 42.5 Å². The van der Waals surface area contributed by atoms with E-state index in [9.17, 15) is 14.8 Å². The Morgan fingerprint density at radius 3 is 2.76 bits per heavy atom. The van der Waals surface area contributed by atoms with Gasteiger partial charge in [0.1, 0.15) is 11.3 Å². The molecule has 33 heavy (non-hydrogen) atoms. The van der Waals surface area contributed by atoms with Crippen LogP contribution in [0.4, 0.5) is 5.82 Å². The van der Waals surface area contributed by atoms with Crippen LogP contribution in [0.5, 0.6) is 0 Å². The van der Waals surface area contributed by atoms with Gasteiger partial charge in [-0.2, -0.15) is 9.67 Å². The number of nitrogens with one attached hydrogen (secondary N) is 1. The zero-order valence-electron chi connectivity index (χ0n) is 17.8. The number of carbonyl (C=O) groups excluding carboxylic acids is 1. The molecule has 0 radical (unpaired) electrons. The summed E-state index contributed by atoms with van der Waals surface area (Å²) >= 11 is 0. The molecule has 0 bridgehead atoms. The Morgan fingerprint density at radius 2 is 1.94 bits per heavy atom. The van der Waals surface area contributed by atoms with Gasteiger partial charge in [-0.25, -0.2) is 4.98 Å². The summed E-state index contributed by atoms with van der Waals surface area (Å²) in [6.07, 6.45) is 3.82. The molecule has 4 aromatic rings. The van der Waals surface area contributed by atoms with Crippen LogP contribution in [0, 0.1) is 0 Å². The molecule has 5 rings (SSSR count). The minimum atomic E-state index is -1.52. The first-order chi connectivity index (χ1) is 16.0. The highest BCUT2D eigenvalue weighted by Gasteiger charge is 2.21. The van der Waals surface area contributed by atoms with E-state index in [0.29, 0.717) is 40.4 Å². The van der Waals surface area contributed by atoms with Crippen LogP contribution >= 0.6 is 0 Å². The molecule has 1 amide bonds. The molecule has 10 nitrogen and oxygen atoms in total. The van der Waals surface area contributed by atoms with Crippen LogP contribution in [0.2, 0.25) is 0 Å². The normalized spacial score (nSPS) is 13.0. The quantitative estimate of drug-likeness (QED) is 0.314. The number of carbonyl (C=O) groups is 1. The Bertz CT molecular complexity index is 1360. The van der Waals surface area contributed by atoms with Gasteiger partial charge < -0.3 is 21.1 Å². The van der Waals surface area contributed by atoms with Gasteiger partial charge in [0.25, 0.3) is 11.9 Å². The Hall–Kier alpha value is -3.83. The molecule has 0 spiro atoms. The molecule has 166 valence electrons. The number of anilines is 1. The number of nitrogens with zero attached hydrogens (tertiary/aromatic N) is 5. The molecule has 2 aromatic heterocycles. The van der Waals surface area contributed by atoms with Gasteiger partial charge >= 0.3 is 7.12 Å². The fourth-order valence-electron chi connectivity index (χ4n) is 4.16. The highest BCUT2D eigenvalue weighted by Crippen LogP contribution is 2.27. The number of fused-ring (bicyclic) bond motifs is 2. The van der Waals surface area contributed by atoms with Crippen molar-refractivity contribution in [3.63, 3.8) is 0 Å². The third-order valence-corrected chi connectivity index (χ3v) is 5.81. The van der Waals surface area contributed by atoms with Crippen LogP contribution in [-0.4, -0.2) is 48.0 Å². The van der Waals surface area contributed by atoms with Crippen molar-refractivity contribution in [3.8, 4) is 5.95 Å². The number of amides is 1. The van der Waals surface area contributed by atoms with E-state index < -0.39 is 13.0 Å². The Labute approximate surface area is 189 Å². The standard InChI is InChI=1S/C22H22BN7O3/c24-20(31)16-8-4-10-18-19(16)28-29-30(18)22-26-17-9-2-1-7-15(17)21(27-22)25-12-13-5-3-6-14(11-13)23(32)33/h3-6,8,10-11,32-33H,1-2,7,9,12H2,(H2,24,31)(H,25,26,27). The smallest absolute Gasteiger partial charge is 0.423 e. The Kier molecular flexibility index (Phi) is 5.49. The predicted molar refractivity (Wildman–Crippen MR) is 123 cm³/mol. The van der Waals surface area contributed by atoms with Crippen LogP contribution < -0.4 is 16.5 Å². The van der Waals surface area contributed by atoms with Gasteiger partial charge in [0.2, 0.25) is 0 Å². The van der Waals surface area contributed by atoms with Gasteiger partial charge in [-0.05, 0) is 48.8 Å². The molecular formula is C22H22BN7O3. The zero-order chi connectivity index (χ0) is 22.9. The first-order valence-corrected chi connectivity index (χ1v) is 10.7. The van der Waals surface area contributed by atoms with E-state index in [-0.39, 0.29) is 0 Å². The average Bonchev–Trinajstić information content (AvgIpc) is 3.26. The van der Waals surface area contributed by atoms with Crippen molar-refractivity contribution in [3.05, 3.63) is 64.8 Å². The minimum absolute atomic E-state index is 0.293. The minimum Gasteiger partial charge on any atom is -0.423 e. The van der Waals surface area contributed by atoms with E-state index in [1.807, 2.05) is 6.07 Å². The maximum Gasteiger partial charge on any atom is 0.488 e. The molecule has 0 unspecified atom stereocenters. The summed E-state index contributed by atoms with van der Waals surface area (Å²) in [5, 5.41) is 30.6. The van der Waals surface area contributed by atoms with Gasteiger partial charge in [0.15, 0.2) is 0 Å². The summed E-state index contributed by atoms with van der Waals surface area (Å²) < 4.78 is 1.52. The average molecular weight is 443 g/mol. The fourth-order valence-corrected chi connectivity index (χ4v) is 4.16. The van der Waals surface area contributed by atoms with E-state index in [4.69, 9.17) is 15.7 Å². The van der Waals surface area contributed by atoms with Gasteiger partial charge in [-0.3, -0.25) is 4.79 Å². The molecule has 0 saturated heterocycles. The topological polar surface area (TPSA) is 152 Å². The maximum absolute atomic E-state index is 11.8. The van der Waals surface area contributed by atoms with E-state index in [1.165, 1.54) is 4.68 Å². The summed E-state index contributed by atoms with van der Waals surface area (Å²) in [6, 6.07) is 12.2. The van der Waals surface area contributed by atoms with E-state index in [2.05, 4.69) is 15.6 Å². The lowest BCUT2D eigenvalue weighted by molar-refractivity contribution is 0.100. The van der Waals surface area contributed by atoms with Crippen LogP contribution in [0.15, 0.2) is 42.5 Å². The summed E-state index contributed by atoms with van der Waals surface area (Å²) in [5.74, 6) is 0.498. The molecule has 1 aliphatic rings. The van der Waals surface area contributed by atoms with Gasteiger partial charge in [0.05, 0.1) is 16.8 Å². The van der Waals surface area contributed by atoms with Gasteiger partial charge in [0, 0.05) is 12.1 Å². The van der Waals surface area contributed by atoms with E-state index >= 15 is 0 Å². The van der Waals surface area contributed by atoms with Gasteiger partial charge in [-0.1, -0.05) is 35.5 Å². The summed E-state index contributed by atoms with van der Waals surface area (Å²) in [7, 11) is -1.52. The van der Waals surface area contributed by atoms with Crippen molar-refractivity contribution >= 4 is 35.3 Å². The van der Waals surface area contributed by atoms with Crippen LogP contribution in [0.1, 0.15) is 40.0 Å². The molecule has 0 aliphatic heterocycles. The number of aryl methyl sites for hydroxylation is 1. The largest absolute Gasteiger partial charge is 0.488 e. The van der Waals surface area contributed by atoms with Crippen molar-refractivity contribution in [2.45, 2.75) is 32.2 Å². The summed E-state index contributed by atoms with van der Waals surface area (Å²) in [6.45, 7) is 0.452. The number of benzene rings is 2. The molecular weight excluding hydrogens is 421 g/mol. The number of hydrogen-bond donors (Lipinski definition) is 4. The lowest BCUT2D eigenvalue weighted by Crippen LogP contribution is -2.30. The Morgan fingerprint density at radius 1 is 1.12 bits per heavy atom. The first kappa shape index (κ1) is 21.0. The molecule has 1 aliphatic carbocycles. The van der Waals surface area contributed by atoms with Gasteiger partial charge in [-0.15, -0.1) is 5.10 Å². The fraction of sp³-hybridized carbons (Fsp3) is 0.227. The maximum atomic E-state index is 11.8. The van der Waals surface area contributed by atoms with Crippen LogP contribution in [0.3, 0.4) is 0 Å². The monoisotopic (exact) mass is 443 g/mol. The highest BCUT2D eigenvalue weighted by atomic mass is 16.4. The van der Waals surface area contributed by atoms with Crippen molar-refractivity contribution in [2.24, 2.45) is 5.73 Å². The van der Waals surface area contributed by atoms with Crippen LogP contribution in [0.25, 0.3) is 17.0 Å². The summed E-state index contributed by atoms with van der Waals surface area (Å²) in [4.78, 5) is 21.3. The number of hydrogen-bond acceptors (Lipinski definition) is 8. The van der Waals surface area contributed by atoms with E-state index in [1.54, 1.807) is 36.4 Å². The first-order valence-electron chi connectivity index (χ1n) is 10.7. The number of primary amides is 1. The Balaban J connectivity index is 1.54. The predicted octanol–water partition coefficient (Wildman–Crippen LogP) is 0.480. The second kappa shape index (κ2) is 8.60. The van der Waals surface area contributed by atoms with Crippen molar-refractivity contribution in [1.82, 2.24) is 25.0 Å². The highest BCUT2D eigenvalue weighted by molar-refractivity contribution is 6.58. The third-order valence-electron chi connectivity index (χ3n) is 5.81. The number of nitrogens with two attached hydrogens (primary N) is 1. The second-order valence-electron chi connectivity index (χ2n) is 8.02.